The summed E-state index contributed by atoms with van der Waals surface area (Å²) in [7, 11) is -2.00. The molecule has 6 heteroatoms. The van der Waals surface area contributed by atoms with E-state index in [1.165, 1.54) is 17.4 Å². The molecule has 18 heavy (non-hydrogen) atoms. The second-order valence-corrected chi connectivity index (χ2v) is 7.01. The molecule has 3 nitrogen and oxygen atoms in total. The van der Waals surface area contributed by atoms with Crippen molar-refractivity contribution >= 4 is 10.0 Å². The molecule has 0 bridgehead atoms. The van der Waals surface area contributed by atoms with Gasteiger partial charge in [0.1, 0.15) is 0 Å². The molecule has 0 saturated carbocycles. The molecule has 0 spiro atoms. The molecule has 0 radical (unpaired) electrons. The van der Waals surface area contributed by atoms with E-state index in [1.54, 1.807) is 20.8 Å². The highest BCUT2D eigenvalue weighted by atomic mass is 32.2. The summed E-state index contributed by atoms with van der Waals surface area (Å²) in [6.07, 6.45) is 0. The molecule has 0 fully saturated rings. The number of benzene rings is 1. The maximum atomic E-state index is 13.1. The van der Waals surface area contributed by atoms with Crippen molar-refractivity contribution in [3.05, 3.63) is 35.4 Å². The van der Waals surface area contributed by atoms with Crippen LogP contribution in [0, 0.1) is 11.6 Å². The van der Waals surface area contributed by atoms with Crippen molar-refractivity contribution < 1.29 is 17.2 Å². The van der Waals surface area contributed by atoms with Crippen LogP contribution in [0.5, 0.6) is 0 Å². The quantitative estimate of drug-likeness (QED) is 0.848. The lowest BCUT2D eigenvalue weighted by atomic mass is 10.1. The van der Waals surface area contributed by atoms with Crippen LogP contribution in [-0.4, -0.2) is 25.0 Å². The third-order valence-corrected chi connectivity index (χ3v) is 5.28. The molecule has 0 amide bonds. The Bertz CT molecular complexity index is 529. The number of hydrogen-bond acceptors (Lipinski definition) is 2. The summed E-state index contributed by atoms with van der Waals surface area (Å²) in [5.41, 5.74) is 0.417. The lowest BCUT2D eigenvalue weighted by Crippen LogP contribution is -2.35. The van der Waals surface area contributed by atoms with Gasteiger partial charge in [-0.25, -0.2) is 17.2 Å². The zero-order valence-corrected chi connectivity index (χ0v) is 11.6. The Balaban J connectivity index is 3.07. The molecular weight excluding hydrogens is 260 g/mol. The van der Waals surface area contributed by atoms with Gasteiger partial charge in [-0.3, -0.25) is 0 Å². The van der Waals surface area contributed by atoms with Crippen molar-refractivity contribution in [1.82, 2.24) is 4.31 Å². The van der Waals surface area contributed by atoms with Gasteiger partial charge in [0.2, 0.25) is 10.0 Å². The van der Waals surface area contributed by atoms with Gasteiger partial charge in [0.25, 0.3) is 0 Å². The number of nitrogens with zero attached hydrogens (tertiary/aromatic N) is 1. The molecule has 0 heterocycles. The minimum Gasteiger partial charge on any atom is -0.212 e. The van der Waals surface area contributed by atoms with Crippen LogP contribution < -0.4 is 0 Å². The van der Waals surface area contributed by atoms with Gasteiger partial charge in [-0.1, -0.05) is 6.07 Å². The van der Waals surface area contributed by atoms with Gasteiger partial charge in [-0.2, -0.15) is 4.31 Å². The average Bonchev–Trinajstić information content (AvgIpc) is 2.30. The lowest BCUT2D eigenvalue weighted by Gasteiger charge is -2.26. The van der Waals surface area contributed by atoms with Crippen LogP contribution >= 0.6 is 0 Å². The lowest BCUT2D eigenvalue weighted by molar-refractivity contribution is 0.391. The first kappa shape index (κ1) is 15.0. The SMILES string of the molecule is CC(c1ccc(F)c(F)c1)N(C)S(=O)(=O)C(C)C. The van der Waals surface area contributed by atoms with Gasteiger partial charge in [0.05, 0.1) is 5.25 Å². The van der Waals surface area contributed by atoms with E-state index in [0.717, 1.165) is 12.1 Å². The van der Waals surface area contributed by atoms with Crippen molar-refractivity contribution in [3.63, 3.8) is 0 Å². The highest BCUT2D eigenvalue weighted by Gasteiger charge is 2.27. The predicted octanol–water partition coefficient (Wildman–Crippen LogP) is 2.70. The number of rotatable bonds is 4. The van der Waals surface area contributed by atoms with Gasteiger partial charge >= 0.3 is 0 Å². The van der Waals surface area contributed by atoms with Crippen LogP contribution in [0.25, 0.3) is 0 Å². The summed E-state index contributed by atoms with van der Waals surface area (Å²) >= 11 is 0. The molecule has 1 aromatic rings. The minimum atomic E-state index is -3.43. The summed E-state index contributed by atoms with van der Waals surface area (Å²) in [5, 5.41) is -0.560. The fraction of sp³-hybridized carbons (Fsp3) is 0.500. The third-order valence-electron chi connectivity index (χ3n) is 2.97. The fourth-order valence-electron chi connectivity index (χ4n) is 1.54. The zero-order chi connectivity index (χ0) is 14.1. The van der Waals surface area contributed by atoms with E-state index in [2.05, 4.69) is 0 Å². The van der Waals surface area contributed by atoms with Gasteiger partial charge in [0, 0.05) is 13.1 Å². The maximum Gasteiger partial charge on any atom is 0.216 e. The predicted molar refractivity (Wildman–Crippen MR) is 66.6 cm³/mol. The van der Waals surface area contributed by atoms with Crippen LogP contribution in [0.1, 0.15) is 32.4 Å². The van der Waals surface area contributed by atoms with Crippen LogP contribution in [-0.2, 0) is 10.0 Å². The van der Waals surface area contributed by atoms with E-state index in [9.17, 15) is 17.2 Å². The highest BCUT2D eigenvalue weighted by Crippen LogP contribution is 2.24. The molecule has 0 N–H and O–H groups in total. The van der Waals surface area contributed by atoms with E-state index < -0.39 is 32.9 Å². The molecule has 102 valence electrons. The van der Waals surface area contributed by atoms with Crippen LogP contribution in [0.4, 0.5) is 8.78 Å². The molecule has 1 aromatic carbocycles. The Kier molecular flexibility index (Phi) is 4.45. The molecule has 0 aliphatic carbocycles. The number of hydrogen-bond donors (Lipinski definition) is 0. The summed E-state index contributed by atoms with van der Waals surface area (Å²) in [6, 6.07) is 2.85. The Labute approximate surface area is 106 Å². The first-order chi connectivity index (χ1) is 8.17. The van der Waals surface area contributed by atoms with Crippen molar-refractivity contribution in [2.24, 2.45) is 0 Å². The minimum absolute atomic E-state index is 0.417. The standard InChI is InChI=1S/C12H17F2NO2S/c1-8(2)18(16,17)15(4)9(3)10-5-6-11(13)12(14)7-10/h5-9H,1-4H3. The first-order valence-corrected chi connectivity index (χ1v) is 7.10. The van der Waals surface area contributed by atoms with Gasteiger partial charge in [0.15, 0.2) is 11.6 Å². The zero-order valence-electron chi connectivity index (χ0n) is 10.8. The topological polar surface area (TPSA) is 37.4 Å². The van der Waals surface area contributed by atoms with Crippen LogP contribution in [0.2, 0.25) is 0 Å². The molecule has 0 aliphatic heterocycles. The fourth-order valence-corrected chi connectivity index (χ4v) is 2.76. The van der Waals surface area contributed by atoms with Crippen molar-refractivity contribution in [2.75, 3.05) is 7.05 Å². The first-order valence-electron chi connectivity index (χ1n) is 5.59. The normalized spacial score (nSPS) is 14.2. The molecular formula is C12H17F2NO2S. The highest BCUT2D eigenvalue weighted by molar-refractivity contribution is 7.89. The van der Waals surface area contributed by atoms with Gasteiger partial charge in [-0.15, -0.1) is 0 Å². The van der Waals surface area contributed by atoms with Gasteiger partial charge in [-0.05, 0) is 38.5 Å². The monoisotopic (exact) mass is 277 g/mol. The summed E-state index contributed by atoms with van der Waals surface area (Å²) in [4.78, 5) is 0. The molecule has 1 unspecified atom stereocenters. The van der Waals surface area contributed by atoms with E-state index in [-0.39, 0.29) is 0 Å². The molecule has 0 aromatic heterocycles. The molecule has 1 rings (SSSR count). The Morgan fingerprint density at radius 2 is 1.67 bits per heavy atom. The number of halogens is 2. The average molecular weight is 277 g/mol. The van der Waals surface area contributed by atoms with Crippen molar-refractivity contribution in [1.29, 1.82) is 0 Å². The second-order valence-electron chi connectivity index (χ2n) is 4.46. The molecule has 1 atom stereocenters. The van der Waals surface area contributed by atoms with E-state index >= 15 is 0 Å². The summed E-state index contributed by atoms with van der Waals surface area (Å²) in [5.74, 6) is -1.92. The number of sulfonamides is 1. The van der Waals surface area contributed by atoms with E-state index in [1.807, 2.05) is 0 Å². The maximum absolute atomic E-state index is 13.1. The Morgan fingerprint density at radius 3 is 2.11 bits per heavy atom. The smallest absolute Gasteiger partial charge is 0.212 e. The Hall–Kier alpha value is -1.01. The van der Waals surface area contributed by atoms with E-state index in [0.29, 0.717) is 5.56 Å². The third kappa shape index (κ3) is 2.87. The largest absolute Gasteiger partial charge is 0.216 e. The molecule has 0 saturated heterocycles. The summed E-state index contributed by atoms with van der Waals surface area (Å²) in [6.45, 7) is 4.78. The Morgan fingerprint density at radius 1 is 1.11 bits per heavy atom. The second kappa shape index (κ2) is 5.32. The summed E-state index contributed by atoms with van der Waals surface area (Å²) < 4.78 is 51.0. The van der Waals surface area contributed by atoms with Crippen LogP contribution in [0.3, 0.4) is 0 Å². The van der Waals surface area contributed by atoms with Crippen molar-refractivity contribution in [2.45, 2.75) is 32.1 Å². The van der Waals surface area contributed by atoms with Gasteiger partial charge < -0.3 is 0 Å². The molecule has 0 aliphatic rings. The van der Waals surface area contributed by atoms with Crippen molar-refractivity contribution in [3.8, 4) is 0 Å². The van der Waals surface area contributed by atoms with E-state index in [4.69, 9.17) is 0 Å². The van der Waals surface area contributed by atoms with Crippen LogP contribution in [0.15, 0.2) is 18.2 Å².